The van der Waals surface area contributed by atoms with E-state index in [0.29, 0.717) is 0 Å². The van der Waals surface area contributed by atoms with E-state index in [-0.39, 0.29) is 11.2 Å². The van der Waals surface area contributed by atoms with E-state index in [4.69, 9.17) is 0 Å². The minimum absolute atomic E-state index is 0.127. The van der Waals surface area contributed by atoms with Crippen LogP contribution in [0.4, 0.5) is 0 Å². The van der Waals surface area contributed by atoms with Gasteiger partial charge < -0.3 is 10.2 Å². The third kappa shape index (κ3) is 2.53. The van der Waals surface area contributed by atoms with E-state index in [2.05, 4.69) is 13.8 Å². The molecule has 1 aliphatic carbocycles. The summed E-state index contributed by atoms with van der Waals surface area (Å²) in [7, 11) is 0. The summed E-state index contributed by atoms with van der Waals surface area (Å²) in [5.74, 6) is -0.380. The molecular weight excluding hydrogens is 204 g/mol. The van der Waals surface area contributed by atoms with Gasteiger partial charge in [-0.2, -0.15) is 0 Å². The van der Waals surface area contributed by atoms with Crippen LogP contribution in [-0.2, 0) is 4.79 Å². The molecule has 0 aliphatic heterocycles. The molecule has 0 aromatic carbocycles. The first-order valence-electron chi connectivity index (χ1n) is 5.84. The summed E-state index contributed by atoms with van der Waals surface area (Å²) in [6.07, 6.45) is 0.697. The van der Waals surface area contributed by atoms with Gasteiger partial charge in [-0.1, -0.05) is 19.4 Å². The first-order valence-corrected chi connectivity index (χ1v) is 5.84. The Hall–Kier alpha value is -0.670. The van der Waals surface area contributed by atoms with Crippen LogP contribution in [0.1, 0.15) is 47.0 Å². The minimum Gasteiger partial charge on any atom is -0.386 e. The topological polar surface area (TPSA) is 57.5 Å². The van der Waals surface area contributed by atoms with Crippen LogP contribution >= 0.6 is 0 Å². The molecule has 0 radical (unpaired) electrons. The number of aliphatic hydroxyl groups is 2. The number of Topliss-reactive ketones (excluding diaryl/α,β-unsaturated/α-hetero) is 1. The van der Waals surface area contributed by atoms with Crippen molar-refractivity contribution in [2.24, 2.45) is 5.41 Å². The third-order valence-electron chi connectivity index (χ3n) is 3.55. The molecule has 0 amide bonds. The van der Waals surface area contributed by atoms with Crippen molar-refractivity contribution in [2.45, 2.75) is 59.2 Å². The second kappa shape index (κ2) is 4.68. The van der Waals surface area contributed by atoms with Gasteiger partial charge in [-0.3, -0.25) is 4.79 Å². The van der Waals surface area contributed by atoms with Crippen molar-refractivity contribution < 1.29 is 15.0 Å². The summed E-state index contributed by atoms with van der Waals surface area (Å²) in [5.41, 5.74) is 1.84. The van der Waals surface area contributed by atoms with E-state index in [1.165, 1.54) is 6.92 Å². The van der Waals surface area contributed by atoms with Crippen LogP contribution in [0, 0.1) is 5.41 Å². The molecule has 0 heterocycles. The molecule has 2 atom stereocenters. The Morgan fingerprint density at radius 2 is 1.94 bits per heavy atom. The quantitative estimate of drug-likeness (QED) is 0.722. The van der Waals surface area contributed by atoms with Crippen LogP contribution in [0.3, 0.4) is 0 Å². The first kappa shape index (κ1) is 13.4. The van der Waals surface area contributed by atoms with Gasteiger partial charge in [0.25, 0.3) is 0 Å². The summed E-state index contributed by atoms with van der Waals surface area (Å²) >= 11 is 0. The maximum absolute atomic E-state index is 11.1. The number of hydrogen-bond acceptors (Lipinski definition) is 3. The van der Waals surface area contributed by atoms with Gasteiger partial charge in [-0.05, 0) is 44.1 Å². The largest absolute Gasteiger partial charge is 0.386 e. The zero-order chi connectivity index (χ0) is 12.5. The number of allylic oxidation sites excluding steroid dienone is 1. The minimum atomic E-state index is -1.29. The van der Waals surface area contributed by atoms with Gasteiger partial charge in [-0.25, -0.2) is 0 Å². The molecule has 0 aromatic heterocycles. The number of carbonyl (C=O) groups is 1. The maximum atomic E-state index is 11.1. The Kier molecular flexibility index (Phi) is 3.92. The molecule has 0 aromatic rings. The lowest BCUT2D eigenvalue weighted by Gasteiger charge is -2.38. The fourth-order valence-electron chi connectivity index (χ4n) is 2.68. The highest BCUT2D eigenvalue weighted by Gasteiger charge is 2.36. The fraction of sp³-hybridized carbons (Fsp3) is 0.769. The van der Waals surface area contributed by atoms with Crippen molar-refractivity contribution in [1.82, 2.24) is 0 Å². The monoisotopic (exact) mass is 226 g/mol. The van der Waals surface area contributed by atoms with E-state index in [9.17, 15) is 15.0 Å². The smallest absolute Gasteiger partial charge is 0.161 e. The number of rotatable bonds is 3. The Labute approximate surface area is 97.2 Å². The number of aliphatic hydroxyl groups excluding tert-OH is 2. The molecule has 0 spiro atoms. The van der Waals surface area contributed by atoms with E-state index in [0.717, 1.165) is 30.4 Å². The molecular formula is C13H22O3. The average Bonchev–Trinajstić information content (AvgIpc) is 2.14. The van der Waals surface area contributed by atoms with Crippen LogP contribution in [0.25, 0.3) is 0 Å². The summed E-state index contributed by atoms with van der Waals surface area (Å²) in [6.45, 7) is 7.40. The SMILES string of the molecule is CC(=O)C(O)C(O)C1=C(C)CCCC1(C)C. The molecule has 1 aliphatic rings. The fourth-order valence-corrected chi connectivity index (χ4v) is 2.68. The van der Waals surface area contributed by atoms with Gasteiger partial charge in [0.15, 0.2) is 5.78 Å². The zero-order valence-electron chi connectivity index (χ0n) is 10.6. The lowest BCUT2D eigenvalue weighted by atomic mass is 9.69. The van der Waals surface area contributed by atoms with Crippen LogP contribution in [-0.4, -0.2) is 28.2 Å². The highest BCUT2D eigenvalue weighted by atomic mass is 16.3. The molecule has 2 N–H and O–H groups in total. The number of ketones is 1. The third-order valence-corrected chi connectivity index (χ3v) is 3.55. The number of hydrogen-bond donors (Lipinski definition) is 2. The second-order valence-electron chi connectivity index (χ2n) is 5.43. The molecule has 3 heteroatoms. The highest BCUT2D eigenvalue weighted by Crippen LogP contribution is 2.42. The van der Waals surface area contributed by atoms with Gasteiger partial charge in [0, 0.05) is 0 Å². The van der Waals surface area contributed by atoms with E-state index in [1.807, 2.05) is 6.92 Å². The van der Waals surface area contributed by atoms with E-state index in [1.54, 1.807) is 0 Å². The predicted octanol–water partition coefficient (Wildman–Crippen LogP) is 1.82. The van der Waals surface area contributed by atoms with Gasteiger partial charge in [0.1, 0.15) is 12.2 Å². The van der Waals surface area contributed by atoms with Gasteiger partial charge in [-0.15, -0.1) is 0 Å². The zero-order valence-corrected chi connectivity index (χ0v) is 10.6. The summed E-state index contributed by atoms with van der Waals surface area (Å²) in [4.78, 5) is 11.1. The predicted molar refractivity (Wildman–Crippen MR) is 63.0 cm³/mol. The normalized spacial score (nSPS) is 24.1. The molecule has 92 valence electrons. The number of carbonyl (C=O) groups excluding carboxylic acids is 1. The molecule has 16 heavy (non-hydrogen) atoms. The first-order chi connectivity index (χ1) is 7.27. The molecule has 1 rings (SSSR count). The lowest BCUT2D eigenvalue weighted by Crippen LogP contribution is -2.40. The lowest BCUT2D eigenvalue weighted by molar-refractivity contribution is -0.129. The van der Waals surface area contributed by atoms with E-state index >= 15 is 0 Å². The maximum Gasteiger partial charge on any atom is 0.161 e. The summed E-state index contributed by atoms with van der Waals surface area (Å²) < 4.78 is 0. The standard InChI is InChI=1S/C13H22O3/c1-8-6-5-7-13(3,4)10(8)12(16)11(15)9(2)14/h11-12,15-16H,5-7H2,1-4H3. The molecule has 0 saturated heterocycles. The van der Waals surface area contributed by atoms with Crippen LogP contribution < -0.4 is 0 Å². The van der Waals surface area contributed by atoms with Crippen molar-refractivity contribution in [2.75, 3.05) is 0 Å². The Morgan fingerprint density at radius 3 is 2.38 bits per heavy atom. The molecule has 3 nitrogen and oxygen atoms in total. The van der Waals surface area contributed by atoms with Gasteiger partial charge >= 0.3 is 0 Å². The van der Waals surface area contributed by atoms with Gasteiger partial charge in [0.2, 0.25) is 0 Å². The van der Waals surface area contributed by atoms with Crippen LogP contribution in [0.15, 0.2) is 11.1 Å². The van der Waals surface area contributed by atoms with Crippen molar-refractivity contribution in [3.05, 3.63) is 11.1 Å². The van der Waals surface area contributed by atoms with Gasteiger partial charge in [0.05, 0.1) is 0 Å². The Balaban J connectivity index is 3.04. The molecule has 2 unspecified atom stereocenters. The second-order valence-corrected chi connectivity index (χ2v) is 5.43. The average molecular weight is 226 g/mol. The Bertz CT molecular complexity index is 315. The summed E-state index contributed by atoms with van der Waals surface area (Å²) in [5, 5.41) is 19.8. The van der Waals surface area contributed by atoms with Crippen molar-refractivity contribution in [1.29, 1.82) is 0 Å². The van der Waals surface area contributed by atoms with Crippen LogP contribution in [0.5, 0.6) is 0 Å². The molecule has 0 bridgehead atoms. The van der Waals surface area contributed by atoms with Crippen molar-refractivity contribution >= 4 is 5.78 Å². The molecule has 0 fully saturated rings. The van der Waals surface area contributed by atoms with Crippen LogP contribution in [0.2, 0.25) is 0 Å². The summed E-state index contributed by atoms with van der Waals surface area (Å²) in [6, 6.07) is 0. The Morgan fingerprint density at radius 1 is 1.38 bits per heavy atom. The molecule has 0 saturated carbocycles. The highest BCUT2D eigenvalue weighted by molar-refractivity contribution is 5.81. The van der Waals surface area contributed by atoms with Crippen molar-refractivity contribution in [3.8, 4) is 0 Å². The van der Waals surface area contributed by atoms with E-state index < -0.39 is 12.2 Å². The van der Waals surface area contributed by atoms with Crippen molar-refractivity contribution in [3.63, 3.8) is 0 Å².